The minimum Gasteiger partial charge on any atom is -0.405 e. The van der Waals surface area contributed by atoms with E-state index in [1.165, 1.54) is 23.1 Å². The van der Waals surface area contributed by atoms with Crippen LogP contribution < -0.4 is 10.1 Å². The first kappa shape index (κ1) is 33.6. The van der Waals surface area contributed by atoms with E-state index in [9.17, 15) is 33.0 Å². The number of benzene rings is 3. The van der Waals surface area contributed by atoms with Gasteiger partial charge in [0.1, 0.15) is 5.75 Å². The molecule has 0 radical (unpaired) electrons. The Morgan fingerprint density at radius 2 is 1.46 bits per heavy atom. The number of hydrogen-bond donors (Lipinski definition) is 3. The lowest BCUT2D eigenvalue weighted by molar-refractivity contribution is -0.274. The quantitative estimate of drug-likeness (QED) is 0.332. The number of ether oxygens (including phenoxy) is 1. The minimum atomic E-state index is -4.82. The second-order valence-corrected chi connectivity index (χ2v) is 9.11. The molecule has 1 fully saturated rings. The number of aliphatic hydroxyl groups excluding tert-OH is 2. The number of rotatable bonds is 7. The fourth-order valence-electron chi connectivity index (χ4n) is 3.83. The molecule has 1 heterocycles. The van der Waals surface area contributed by atoms with Gasteiger partial charge in [0.2, 0.25) is 0 Å². The summed E-state index contributed by atoms with van der Waals surface area (Å²) >= 11 is 5.54. The van der Waals surface area contributed by atoms with Crippen LogP contribution in [0.4, 0.5) is 13.2 Å². The van der Waals surface area contributed by atoms with Crippen molar-refractivity contribution in [3.05, 3.63) is 89.4 Å². The van der Waals surface area contributed by atoms with Crippen molar-refractivity contribution in [2.45, 2.75) is 51.8 Å². The van der Waals surface area contributed by atoms with Gasteiger partial charge in [0.25, 0.3) is 11.8 Å². The van der Waals surface area contributed by atoms with E-state index in [4.69, 9.17) is 11.6 Å². The number of carbonyl (C=O) groups excluding carboxylic acids is 2. The summed E-state index contributed by atoms with van der Waals surface area (Å²) in [6.45, 7) is 4.95. The fourth-order valence-corrected chi connectivity index (χ4v) is 3.98. The zero-order valence-electron chi connectivity index (χ0n) is 22.8. The number of nitrogens with zero attached hydrogens (tertiary/aromatic N) is 1. The Morgan fingerprint density at radius 3 is 2.00 bits per heavy atom. The highest BCUT2D eigenvalue weighted by Gasteiger charge is 2.34. The van der Waals surface area contributed by atoms with Crippen LogP contribution in [0.15, 0.2) is 78.9 Å². The molecule has 0 bridgehead atoms. The lowest BCUT2D eigenvalue weighted by Gasteiger charge is -2.22. The molecule has 2 amide bonds. The Hall–Kier alpha value is -3.60. The van der Waals surface area contributed by atoms with Gasteiger partial charge in [-0.15, -0.1) is 13.2 Å². The molecule has 1 saturated heterocycles. The van der Waals surface area contributed by atoms with Gasteiger partial charge in [-0.2, -0.15) is 0 Å². The van der Waals surface area contributed by atoms with Crippen LogP contribution >= 0.6 is 11.6 Å². The van der Waals surface area contributed by atoms with Crippen LogP contribution in [-0.2, 0) is 16.1 Å². The van der Waals surface area contributed by atoms with Crippen LogP contribution in [0, 0.1) is 0 Å². The molecule has 2 atom stereocenters. The maximum Gasteiger partial charge on any atom is 0.573 e. The summed E-state index contributed by atoms with van der Waals surface area (Å²) in [5.74, 6) is -1.92. The minimum absolute atomic E-state index is 0.0124. The second-order valence-electron chi connectivity index (χ2n) is 8.68. The van der Waals surface area contributed by atoms with Crippen molar-refractivity contribution < 1.29 is 37.7 Å². The predicted octanol–water partition coefficient (Wildman–Crippen LogP) is 5.58. The molecule has 0 spiro atoms. The number of aliphatic hydroxyl groups is 2. The average Bonchev–Trinajstić information content (AvgIpc) is 3.52. The van der Waals surface area contributed by atoms with Gasteiger partial charge in [-0.3, -0.25) is 9.59 Å². The number of amides is 2. The Kier molecular flexibility index (Phi) is 13.6. The number of nitrogens with one attached hydrogen (secondary N) is 1. The Balaban J connectivity index is 0.000000561. The monoisotopic (exact) mass is 594 g/mol. The van der Waals surface area contributed by atoms with E-state index >= 15 is 0 Å². The fraction of sp³-hybridized carbons (Fsp3) is 0.333. The molecule has 1 aliphatic heterocycles. The van der Waals surface area contributed by atoms with Crippen LogP contribution in [0.2, 0.25) is 5.02 Å². The van der Waals surface area contributed by atoms with Gasteiger partial charge in [0, 0.05) is 30.2 Å². The average molecular weight is 595 g/mol. The summed E-state index contributed by atoms with van der Waals surface area (Å²) in [6, 6.07) is 21.5. The number of para-hydroxylation sites is 1. The highest BCUT2D eigenvalue weighted by atomic mass is 35.5. The van der Waals surface area contributed by atoms with Crippen LogP contribution in [0.1, 0.15) is 32.3 Å². The van der Waals surface area contributed by atoms with E-state index in [1.54, 1.807) is 30.3 Å². The maximum atomic E-state index is 12.6. The molecule has 7 nitrogen and oxygen atoms in total. The van der Waals surface area contributed by atoms with Crippen LogP contribution in [0.5, 0.6) is 5.75 Å². The van der Waals surface area contributed by atoms with Gasteiger partial charge in [0.05, 0.1) is 0 Å². The number of likely N-dealkylation sites (tertiary alicyclic amines) is 1. The summed E-state index contributed by atoms with van der Waals surface area (Å²) in [5, 5.41) is 23.2. The normalized spacial score (nSPS) is 14.0. The number of alkyl halides is 3. The Morgan fingerprint density at radius 1 is 0.902 bits per heavy atom. The highest BCUT2D eigenvalue weighted by Crippen LogP contribution is 2.33. The molecule has 11 heteroatoms. The first-order valence-electron chi connectivity index (χ1n) is 13.1. The van der Waals surface area contributed by atoms with Crippen molar-refractivity contribution in [2.24, 2.45) is 0 Å². The summed E-state index contributed by atoms with van der Waals surface area (Å²) in [4.78, 5) is 25.6. The molecule has 222 valence electrons. The molecule has 0 unspecified atom stereocenters. The molecule has 1 aliphatic rings. The Labute approximate surface area is 242 Å². The molecule has 3 aromatic carbocycles. The third-order valence-electron chi connectivity index (χ3n) is 5.82. The van der Waals surface area contributed by atoms with Gasteiger partial charge >= 0.3 is 6.36 Å². The molecule has 3 aromatic rings. The Bertz CT molecular complexity index is 1220. The maximum absolute atomic E-state index is 12.6. The van der Waals surface area contributed by atoms with E-state index in [0.717, 1.165) is 17.9 Å². The molecular weight excluding hydrogens is 561 g/mol. The number of halogens is 4. The number of hydrogen-bond acceptors (Lipinski definition) is 5. The lowest BCUT2D eigenvalue weighted by atomic mass is 10.0. The van der Waals surface area contributed by atoms with Crippen molar-refractivity contribution >= 4 is 23.4 Å². The summed E-state index contributed by atoms with van der Waals surface area (Å²) in [6.07, 6.45) is -6.95. The van der Waals surface area contributed by atoms with Gasteiger partial charge in [0.15, 0.2) is 12.2 Å². The third-order valence-corrected chi connectivity index (χ3v) is 6.07. The summed E-state index contributed by atoms with van der Waals surface area (Å²) in [7, 11) is 0. The smallest absolute Gasteiger partial charge is 0.405 e. The van der Waals surface area contributed by atoms with Gasteiger partial charge in [-0.25, -0.2) is 0 Å². The summed E-state index contributed by atoms with van der Waals surface area (Å²) in [5.41, 5.74) is 1.33. The SMILES string of the molecule is CC.Clc1ccccc1.O=C(NCc1ccc(-c2ccccc2OC(F)(F)F)cc1)[C@H](O)[C@@H](O)C(=O)N1CCCC1. The first-order chi connectivity index (χ1) is 19.5. The molecular formula is C30H34ClF3N2O5. The highest BCUT2D eigenvalue weighted by molar-refractivity contribution is 6.30. The van der Waals surface area contributed by atoms with E-state index in [1.807, 2.05) is 44.2 Å². The first-order valence-corrected chi connectivity index (χ1v) is 13.5. The second kappa shape index (κ2) is 16.6. The predicted molar refractivity (Wildman–Crippen MR) is 151 cm³/mol. The summed E-state index contributed by atoms with van der Waals surface area (Å²) < 4.78 is 41.9. The molecule has 0 aliphatic carbocycles. The molecule has 0 saturated carbocycles. The van der Waals surface area contributed by atoms with E-state index in [0.29, 0.717) is 24.2 Å². The van der Waals surface area contributed by atoms with Crippen molar-refractivity contribution in [1.29, 1.82) is 0 Å². The van der Waals surface area contributed by atoms with Crippen LogP contribution in [0.25, 0.3) is 11.1 Å². The van der Waals surface area contributed by atoms with E-state index in [-0.39, 0.29) is 17.9 Å². The lowest BCUT2D eigenvalue weighted by Crippen LogP contribution is -2.50. The van der Waals surface area contributed by atoms with Gasteiger partial charge in [-0.05, 0) is 42.2 Å². The van der Waals surface area contributed by atoms with Crippen molar-refractivity contribution in [3.8, 4) is 16.9 Å². The zero-order chi connectivity index (χ0) is 30.4. The van der Waals surface area contributed by atoms with Crippen LogP contribution in [-0.4, -0.2) is 58.6 Å². The molecule has 41 heavy (non-hydrogen) atoms. The third kappa shape index (κ3) is 11.1. The number of carbonyl (C=O) groups is 2. The van der Waals surface area contributed by atoms with Gasteiger partial charge < -0.3 is 25.2 Å². The van der Waals surface area contributed by atoms with Crippen molar-refractivity contribution in [2.75, 3.05) is 13.1 Å². The van der Waals surface area contributed by atoms with E-state index < -0.39 is 30.4 Å². The molecule has 3 N–H and O–H groups in total. The zero-order valence-corrected chi connectivity index (χ0v) is 23.5. The topological polar surface area (TPSA) is 99.1 Å². The van der Waals surface area contributed by atoms with Crippen LogP contribution in [0.3, 0.4) is 0 Å². The van der Waals surface area contributed by atoms with Crippen molar-refractivity contribution in [3.63, 3.8) is 0 Å². The molecule has 4 rings (SSSR count). The van der Waals surface area contributed by atoms with Gasteiger partial charge in [-0.1, -0.05) is 86.1 Å². The largest absolute Gasteiger partial charge is 0.573 e. The van der Waals surface area contributed by atoms with Crippen molar-refractivity contribution in [1.82, 2.24) is 10.2 Å². The standard InChI is InChI=1S/C22H23F3N2O5.C6H5Cl.C2H6/c23-22(24,25)32-17-6-2-1-5-16(17)15-9-7-14(8-10-15)13-26-20(30)18(28)19(29)21(31)27-11-3-4-12-27;7-6-4-2-1-3-5-6;1-2/h1-2,5-10,18-19,28-29H,3-4,11-13H2,(H,26,30);1-5H;1-2H3/t18-,19-;;/m1../s1. The van der Waals surface area contributed by atoms with E-state index in [2.05, 4.69) is 10.1 Å². The molecule has 0 aromatic heterocycles.